The monoisotopic (exact) mass is 174 g/mol. The summed E-state index contributed by atoms with van der Waals surface area (Å²) in [6.07, 6.45) is 8.75. The van der Waals surface area contributed by atoms with Crippen molar-refractivity contribution < 1.29 is 0 Å². The fourth-order valence-corrected chi connectivity index (χ4v) is 0.884. The molecule has 0 heterocycles. The molecule has 0 N–H and O–H groups in total. The first kappa shape index (κ1) is 17.9. The topological polar surface area (TPSA) is 0 Å². The van der Waals surface area contributed by atoms with Crippen molar-refractivity contribution in [1.82, 2.24) is 0 Å². The Morgan fingerprint density at radius 3 is 0.750 bits per heavy atom. The molecule has 0 atom stereocenters. The quantitative estimate of drug-likeness (QED) is 0.460. The minimum atomic E-state index is 1.25. The molecule has 0 aromatic rings. The van der Waals surface area contributed by atoms with Crippen molar-refractivity contribution in [1.29, 1.82) is 0 Å². The van der Waals surface area contributed by atoms with Crippen LogP contribution < -0.4 is 0 Å². The van der Waals surface area contributed by atoms with Gasteiger partial charge in [0.1, 0.15) is 0 Å². The van der Waals surface area contributed by atoms with E-state index in [1.54, 1.807) is 0 Å². The minimum Gasteiger partial charge on any atom is -0.0683 e. The van der Waals surface area contributed by atoms with Gasteiger partial charge in [0.25, 0.3) is 0 Å². The van der Waals surface area contributed by atoms with Crippen LogP contribution in [0.1, 0.15) is 80.1 Å². The second-order valence-electron chi connectivity index (χ2n) is 2.47. The Morgan fingerprint density at radius 2 is 0.667 bits per heavy atom. The first-order chi connectivity index (χ1) is 5.91. The fraction of sp³-hybridized carbons (Fsp3) is 1.00. The second-order valence-corrected chi connectivity index (χ2v) is 2.47. The molecule has 0 radical (unpaired) electrons. The zero-order chi connectivity index (χ0) is 10.2. The molecule has 1 saturated carbocycles. The maximum absolute atomic E-state index is 2.12. The van der Waals surface area contributed by atoms with Gasteiger partial charge in [0, 0.05) is 0 Å². The zero-order valence-electron chi connectivity index (χ0n) is 10.2. The van der Waals surface area contributed by atoms with Crippen molar-refractivity contribution in [3.63, 3.8) is 0 Å². The third-order valence-corrected chi connectivity index (χ3v) is 1.25. The summed E-state index contributed by atoms with van der Waals surface area (Å²) in [4.78, 5) is 0. The van der Waals surface area contributed by atoms with Gasteiger partial charge in [-0.05, 0) is 0 Å². The minimum absolute atomic E-state index is 1.25. The van der Waals surface area contributed by atoms with Crippen LogP contribution in [0.2, 0.25) is 0 Å². The normalized spacial score (nSPS) is 12.5. The molecule has 0 amide bonds. The van der Waals surface area contributed by atoms with E-state index in [0.717, 1.165) is 0 Å². The first-order valence-electron chi connectivity index (χ1n) is 5.91. The van der Waals surface area contributed by atoms with Gasteiger partial charge >= 0.3 is 0 Å². The van der Waals surface area contributed by atoms with Crippen molar-refractivity contribution in [2.24, 2.45) is 0 Å². The number of hydrogen-bond donors (Lipinski definition) is 0. The van der Waals surface area contributed by atoms with Gasteiger partial charge in [-0.25, -0.2) is 0 Å². The molecule has 0 aromatic carbocycles. The van der Waals surface area contributed by atoms with E-state index in [4.69, 9.17) is 0 Å². The van der Waals surface area contributed by atoms with Crippen LogP contribution in [0, 0.1) is 0 Å². The average molecular weight is 174 g/mol. The molecule has 0 nitrogen and oxygen atoms in total. The lowest BCUT2D eigenvalue weighted by Crippen LogP contribution is -1.47. The van der Waals surface area contributed by atoms with E-state index in [1.807, 2.05) is 27.7 Å². The summed E-state index contributed by atoms with van der Waals surface area (Å²) in [6, 6.07) is 0. The lowest BCUT2D eigenvalue weighted by Gasteiger charge is -1.67. The van der Waals surface area contributed by atoms with Crippen molar-refractivity contribution in [2.45, 2.75) is 80.1 Å². The second kappa shape index (κ2) is 30.6. The van der Waals surface area contributed by atoms with E-state index in [9.17, 15) is 0 Å². The van der Waals surface area contributed by atoms with Crippen LogP contribution in [0.3, 0.4) is 0 Å². The average Bonchev–Trinajstić information content (AvgIpc) is 2.69. The zero-order valence-corrected chi connectivity index (χ0v) is 10.2. The van der Waals surface area contributed by atoms with Crippen molar-refractivity contribution in [3.8, 4) is 0 Å². The Kier molecular flexibility index (Phi) is 45.6. The predicted molar refractivity (Wildman–Crippen MR) is 61.7 cm³/mol. The molecule has 0 heteroatoms. The molecule has 0 aliphatic heterocycles. The van der Waals surface area contributed by atoms with Gasteiger partial charge in [-0.2, -0.15) is 0 Å². The highest BCUT2D eigenvalue weighted by Gasteiger charge is 1.95. The Labute approximate surface area is 80.8 Å². The van der Waals surface area contributed by atoms with Gasteiger partial charge in [0.2, 0.25) is 0 Å². The molecule has 0 aromatic heterocycles. The van der Waals surface area contributed by atoms with Gasteiger partial charge in [-0.1, -0.05) is 80.1 Å². The summed E-state index contributed by atoms with van der Waals surface area (Å²) in [5.74, 6) is 0. The van der Waals surface area contributed by atoms with Crippen LogP contribution >= 0.6 is 0 Å². The summed E-state index contributed by atoms with van der Waals surface area (Å²) in [7, 11) is 0. The van der Waals surface area contributed by atoms with Gasteiger partial charge in [-0.3, -0.25) is 0 Å². The molecule has 0 bridgehead atoms. The first-order valence-corrected chi connectivity index (χ1v) is 5.91. The van der Waals surface area contributed by atoms with Crippen molar-refractivity contribution in [3.05, 3.63) is 0 Å². The summed E-state index contributed by atoms with van der Waals surface area (Å²) < 4.78 is 0. The summed E-state index contributed by atoms with van der Waals surface area (Å²) >= 11 is 0. The van der Waals surface area contributed by atoms with E-state index < -0.39 is 0 Å². The van der Waals surface area contributed by atoms with E-state index >= 15 is 0 Å². The molecule has 0 unspecified atom stereocenters. The Balaban J connectivity index is -0.000000102. The van der Waals surface area contributed by atoms with E-state index in [-0.39, 0.29) is 0 Å². The van der Waals surface area contributed by atoms with Crippen LogP contribution in [0.4, 0.5) is 0 Å². The van der Waals surface area contributed by atoms with Crippen molar-refractivity contribution >= 4 is 0 Å². The van der Waals surface area contributed by atoms with Crippen LogP contribution in [0.5, 0.6) is 0 Å². The highest BCUT2D eigenvalue weighted by Crippen LogP contribution is 2.15. The van der Waals surface area contributed by atoms with Crippen LogP contribution in [-0.4, -0.2) is 0 Å². The molecule has 1 aliphatic rings. The molecule has 0 saturated heterocycles. The molecule has 1 fully saturated rings. The highest BCUT2D eigenvalue weighted by atomic mass is 14.0. The van der Waals surface area contributed by atoms with Crippen molar-refractivity contribution in [2.75, 3.05) is 0 Å². The third-order valence-electron chi connectivity index (χ3n) is 1.25. The lowest BCUT2D eigenvalue weighted by atomic mass is 10.4. The molecular formula is C12H30. The van der Waals surface area contributed by atoms with Gasteiger partial charge in [0.15, 0.2) is 0 Å². The molecule has 0 spiro atoms. The largest absolute Gasteiger partial charge is 0.0683 e. The van der Waals surface area contributed by atoms with E-state index in [0.29, 0.717) is 0 Å². The van der Waals surface area contributed by atoms with Gasteiger partial charge < -0.3 is 0 Å². The molecule has 78 valence electrons. The van der Waals surface area contributed by atoms with Crippen LogP contribution in [-0.2, 0) is 0 Å². The molecule has 1 aliphatic carbocycles. The Morgan fingerprint density at radius 1 is 0.583 bits per heavy atom. The van der Waals surface area contributed by atoms with Gasteiger partial charge in [-0.15, -0.1) is 0 Å². The summed E-state index contributed by atoms with van der Waals surface area (Å²) in [5.41, 5.74) is 0. The SMILES string of the molecule is C1CCCC1.CC.CC.CCC. The summed E-state index contributed by atoms with van der Waals surface area (Å²) in [5, 5.41) is 0. The molecule has 12 heavy (non-hydrogen) atoms. The Bertz CT molecular complexity index is 19.4. The fourth-order valence-electron chi connectivity index (χ4n) is 0.884. The number of hydrogen-bond acceptors (Lipinski definition) is 0. The number of rotatable bonds is 0. The third kappa shape index (κ3) is 32.4. The molecular weight excluding hydrogens is 144 g/mol. The predicted octanol–water partition coefficient (Wildman–Crippen LogP) is 5.42. The Hall–Kier alpha value is 0. The lowest BCUT2D eigenvalue weighted by molar-refractivity contribution is 0.886. The van der Waals surface area contributed by atoms with Crippen LogP contribution in [0.25, 0.3) is 0 Å². The maximum atomic E-state index is 2.12. The van der Waals surface area contributed by atoms with E-state index in [1.165, 1.54) is 38.5 Å². The highest BCUT2D eigenvalue weighted by molar-refractivity contribution is 4.51. The summed E-state index contributed by atoms with van der Waals surface area (Å²) in [6.45, 7) is 12.2. The maximum Gasteiger partial charge on any atom is -0.0533 e. The van der Waals surface area contributed by atoms with E-state index in [2.05, 4.69) is 13.8 Å². The van der Waals surface area contributed by atoms with Gasteiger partial charge in [0.05, 0.1) is 0 Å². The molecule has 1 rings (SSSR count). The standard InChI is InChI=1S/C5H10.C3H8.2C2H6/c1-2-4-5-3-1;1-3-2;2*1-2/h1-5H2;3H2,1-2H3;2*1-2H3. The van der Waals surface area contributed by atoms with Crippen LogP contribution in [0.15, 0.2) is 0 Å². The smallest absolute Gasteiger partial charge is 0.0533 e.